The Labute approximate surface area is 163 Å². The number of carbonyl (C=O) groups is 1. The fourth-order valence-corrected chi connectivity index (χ4v) is 4.08. The van der Waals surface area contributed by atoms with Crippen LogP contribution in [0.4, 0.5) is 5.69 Å². The molecule has 0 saturated carbocycles. The Balaban J connectivity index is 1.75. The van der Waals surface area contributed by atoms with Crippen molar-refractivity contribution in [1.29, 1.82) is 0 Å². The van der Waals surface area contributed by atoms with Crippen molar-refractivity contribution in [1.82, 2.24) is 5.32 Å². The third kappa shape index (κ3) is 4.51. The van der Waals surface area contributed by atoms with Crippen LogP contribution in [-0.4, -0.2) is 23.6 Å². The van der Waals surface area contributed by atoms with Crippen LogP contribution in [0, 0.1) is 10.1 Å². The van der Waals surface area contributed by atoms with Crippen molar-refractivity contribution < 1.29 is 22.3 Å². The van der Waals surface area contributed by atoms with Gasteiger partial charge in [0.1, 0.15) is 15.0 Å². The van der Waals surface area contributed by atoms with Crippen molar-refractivity contribution >= 4 is 56.1 Å². The number of hydrogen-bond acceptors (Lipinski definition) is 8. The lowest BCUT2D eigenvalue weighted by Gasteiger charge is -2.07. The lowest BCUT2D eigenvalue weighted by molar-refractivity contribution is -0.384. The fraction of sp³-hybridized carbons (Fsp3) is 0. The first kappa shape index (κ1) is 19.0. The maximum Gasteiger partial charge on any atom is 0.339 e. The maximum absolute atomic E-state index is 12.3. The molecule has 3 rings (SSSR count). The predicted molar refractivity (Wildman–Crippen MR) is 104 cm³/mol. The van der Waals surface area contributed by atoms with Gasteiger partial charge < -0.3 is 9.50 Å². The van der Waals surface area contributed by atoms with E-state index in [1.165, 1.54) is 12.1 Å². The predicted octanol–water partition coefficient (Wildman–Crippen LogP) is 2.85. The Morgan fingerprint density at radius 1 is 1.11 bits per heavy atom. The summed E-state index contributed by atoms with van der Waals surface area (Å²) in [6.45, 7) is 0. The summed E-state index contributed by atoms with van der Waals surface area (Å²) in [5.74, 6) is -0.222. The molecule has 1 heterocycles. The van der Waals surface area contributed by atoms with Gasteiger partial charge in [0.25, 0.3) is 11.6 Å². The SMILES string of the molecule is O=C1NC(=S)S/C1=C/c1ccc(OS(=O)(=O)c2ccc([N+](=O)[O-])cc2)cc1. The molecule has 27 heavy (non-hydrogen) atoms. The molecule has 0 aliphatic carbocycles. The average molecular weight is 422 g/mol. The monoisotopic (exact) mass is 422 g/mol. The first-order valence-electron chi connectivity index (χ1n) is 7.28. The van der Waals surface area contributed by atoms with Crippen molar-refractivity contribution in [3.8, 4) is 5.75 Å². The van der Waals surface area contributed by atoms with Crippen molar-refractivity contribution in [3.05, 3.63) is 69.1 Å². The molecule has 1 aliphatic rings. The third-order valence-corrected chi connectivity index (χ3v) is 5.79. The van der Waals surface area contributed by atoms with Crippen LogP contribution in [0.5, 0.6) is 5.75 Å². The first-order chi connectivity index (χ1) is 12.7. The van der Waals surface area contributed by atoms with Crippen LogP contribution in [0.15, 0.2) is 58.3 Å². The zero-order valence-electron chi connectivity index (χ0n) is 13.3. The molecule has 2 aromatic rings. The van der Waals surface area contributed by atoms with Crippen LogP contribution in [0.25, 0.3) is 6.08 Å². The van der Waals surface area contributed by atoms with E-state index in [0.29, 0.717) is 14.8 Å². The summed E-state index contributed by atoms with van der Waals surface area (Å²) in [5.41, 5.74) is 0.442. The third-order valence-electron chi connectivity index (χ3n) is 3.36. The molecule has 11 heteroatoms. The average Bonchev–Trinajstić information content (AvgIpc) is 2.93. The number of benzene rings is 2. The highest BCUT2D eigenvalue weighted by Crippen LogP contribution is 2.27. The molecule has 0 atom stereocenters. The normalized spacial score (nSPS) is 15.6. The van der Waals surface area contributed by atoms with Crippen LogP contribution >= 0.6 is 24.0 Å². The number of thioether (sulfide) groups is 1. The second-order valence-electron chi connectivity index (χ2n) is 5.21. The minimum atomic E-state index is -4.13. The zero-order chi connectivity index (χ0) is 19.6. The van der Waals surface area contributed by atoms with Crippen LogP contribution in [0.3, 0.4) is 0 Å². The number of hydrogen-bond donors (Lipinski definition) is 1. The van der Waals surface area contributed by atoms with Crippen LogP contribution in [0.2, 0.25) is 0 Å². The van der Waals surface area contributed by atoms with Gasteiger partial charge in [-0.05, 0) is 35.9 Å². The first-order valence-corrected chi connectivity index (χ1v) is 9.92. The molecule has 0 bridgehead atoms. The Morgan fingerprint density at radius 2 is 1.74 bits per heavy atom. The van der Waals surface area contributed by atoms with Crippen LogP contribution in [-0.2, 0) is 14.9 Å². The summed E-state index contributed by atoms with van der Waals surface area (Å²) in [6.07, 6.45) is 1.62. The molecular formula is C16H10N2O6S3. The molecule has 1 N–H and O–H groups in total. The van der Waals surface area contributed by atoms with E-state index in [1.54, 1.807) is 18.2 Å². The summed E-state index contributed by atoms with van der Waals surface area (Å²) >= 11 is 6.04. The highest BCUT2D eigenvalue weighted by Gasteiger charge is 2.22. The standard InChI is InChI=1S/C16H10N2O6S3/c19-15-14(26-16(25)17-15)9-10-1-5-12(6-2-10)24-27(22,23)13-7-3-11(4-8-13)18(20)21/h1-9H,(H,17,19,25)/b14-9+. The Bertz CT molecular complexity index is 1060. The molecule has 2 aromatic carbocycles. The van der Waals surface area contributed by atoms with E-state index in [2.05, 4.69) is 5.32 Å². The number of non-ortho nitro benzene ring substituents is 1. The smallest absolute Gasteiger partial charge is 0.339 e. The van der Waals surface area contributed by atoms with Gasteiger partial charge in [-0.1, -0.05) is 36.1 Å². The molecule has 8 nitrogen and oxygen atoms in total. The number of nitrogens with zero attached hydrogens (tertiary/aromatic N) is 1. The number of amides is 1. The Morgan fingerprint density at radius 3 is 2.26 bits per heavy atom. The summed E-state index contributed by atoms with van der Waals surface area (Å²) in [6, 6.07) is 10.4. The molecule has 1 aliphatic heterocycles. The summed E-state index contributed by atoms with van der Waals surface area (Å²) in [7, 11) is -4.13. The maximum atomic E-state index is 12.3. The molecule has 1 saturated heterocycles. The highest BCUT2D eigenvalue weighted by molar-refractivity contribution is 8.26. The van der Waals surface area contributed by atoms with Gasteiger partial charge in [0.2, 0.25) is 0 Å². The number of carbonyl (C=O) groups excluding carboxylic acids is 1. The molecule has 0 radical (unpaired) electrons. The Hall–Kier alpha value is -2.76. The lowest BCUT2D eigenvalue weighted by atomic mass is 10.2. The summed E-state index contributed by atoms with van der Waals surface area (Å²) < 4.78 is 29.9. The zero-order valence-corrected chi connectivity index (χ0v) is 15.8. The topological polar surface area (TPSA) is 116 Å². The minimum Gasteiger partial charge on any atom is -0.379 e. The van der Waals surface area contributed by atoms with E-state index in [0.717, 1.165) is 36.0 Å². The molecule has 1 fully saturated rings. The number of nitro benzene ring substituents is 1. The highest BCUT2D eigenvalue weighted by atomic mass is 32.2. The second-order valence-corrected chi connectivity index (χ2v) is 8.47. The lowest BCUT2D eigenvalue weighted by Crippen LogP contribution is -2.17. The number of rotatable bonds is 5. The summed E-state index contributed by atoms with van der Waals surface area (Å²) in [4.78, 5) is 21.9. The van der Waals surface area contributed by atoms with Gasteiger partial charge in [0, 0.05) is 12.1 Å². The van der Waals surface area contributed by atoms with E-state index in [1.807, 2.05) is 0 Å². The van der Waals surface area contributed by atoms with Crippen LogP contribution in [0.1, 0.15) is 5.56 Å². The van der Waals surface area contributed by atoms with Gasteiger partial charge in [-0.25, -0.2) is 0 Å². The summed E-state index contributed by atoms with van der Waals surface area (Å²) in [5, 5.41) is 13.1. The van der Waals surface area contributed by atoms with E-state index < -0.39 is 15.0 Å². The van der Waals surface area contributed by atoms with Crippen molar-refractivity contribution in [3.63, 3.8) is 0 Å². The largest absolute Gasteiger partial charge is 0.379 e. The molecule has 0 spiro atoms. The van der Waals surface area contributed by atoms with Gasteiger partial charge >= 0.3 is 10.1 Å². The van der Waals surface area contributed by atoms with Crippen molar-refractivity contribution in [2.24, 2.45) is 0 Å². The molecular weight excluding hydrogens is 412 g/mol. The molecule has 0 aromatic heterocycles. The van der Waals surface area contributed by atoms with Gasteiger partial charge in [-0.15, -0.1) is 0 Å². The van der Waals surface area contributed by atoms with Gasteiger partial charge in [-0.3, -0.25) is 14.9 Å². The van der Waals surface area contributed by atoms with Crippen molar-refractivity contribution in [2.45, 2.75) is 4.90 Å². The molecule has 1 amide bonds. The van der Waals surface area contributed by atoms with E-state index in [-0.39, 0.29) is 22.2 Å². The number of nitrogens with one attached hydrogen (secondary N) is 1. The molecule has 0 unspecified atom stereocenters. The number of nitro groups is 1. The van der Waals surface area contributed by atoms with E-state index in [9.17, 15) is 23.3 Å². The quantitative estimate of drug-likeness (QED) is 0.257. The minimum absolute atomic E-state index is 0.0644. The fourth-order valence-electron chi connectivity index (χ4n) is 2.10. The van der Waals surface area contributed by atoms with Gasteiger partial charge in [0.05, 0.1) is 9.83 Å². The van der Waals surface area contributed by atoms with E-state index in [4.69, 9.17) is 16.4 Å². The second kappa shape index (κ2) is 7.47. The van der Waals surface area contributed by atoms with Crippen LogP contribution < -0.4 is 9.50 Å². The Kier molecular flexibility index (Phi) is 5.26. The van der Waals surface area contributed by atoms with Gasteiger partial charge in [-0.2, -0.15) is 8.42 Å². The van der Waals surface area contributed by atoms with Crippen molar-refractivity contribution in [2.75, 3.05) is 0 Å². The van der Waals surface area contributed by atoms with Gasteiger partial charge in [0.15, 0.2) is 0 Å². The van der Waals surface area contributed by atoms with E-state index >= 15 is 0 Å². The molecule has 138 valence electrons. The number of thiocarbonyl (C=S) groups is 1.